The second-order valence-corrected chi connectivity index (χ2v) is 8.63. The molecular weight excluding hydrogens is 378 g/mol. The van der Waals surface area contributed by atoms with Crippen molar-refractivity contribution < 1.29 is 22.7 Å². The highest BCUT2D eigenvalue weighted by molar-refractivity contribution is 7.90. The number of carbonyl (C=O) groups excluding carboxylic acids is 1. The summed E-state index contributed by atoms with van der Waals surface area (Å²) < 4.78 is 33.7. The van der Waals surface area contributed by atoms with Crippen molar-refractivity contribution >= 4 is 15.7 Å². The third-order valence-corrected chi connectivity index (χ3v) is 5.35. The van der Waals surface area contributed by atoms with Gasteiger partial charge in [0.25, 0.3) is 0 Å². The van der Waals surface area contributed by atoms with E-state index in [1.807, 2.05) is 19.1 Å². The Balaban J connectivity index is 1.67. The van der Waals surface area contributed by atoms with Gasteiger partial charge in [-0.2, -0.15) is 0 Å². The Hall–Kier alpha value is -2.54. The second kappa shape index (κ2) is 10.1. The van der Waals surface area contributed by atoms with Crippen LogP contribution in [0.25, 0.3) is 0 Å². The van der Waals surface area contributed by atoms with E-state index in [9.17, 15) is 13.2 Å². The normalized spacial score (nSPS) is 11.1. The first-order chi connectivity index (χ1) is 13.3. The number of hydrogen-bond donors (Lipinski definition) is 1. The van der Waals surface area contributed by atoms with Crippen molar-refractivity contribution in [3.8, 4) is 11.5 Å². The lowest BCUT2D eigenvalue weighted by Gasteiger charge is -2.10. The molecule has 2 aromatic carbocycles. The maximum atomic E-state index is 12.0. The van der Waals surface area contributed by atoms with Crippen molar-refractivity contribution in [3.05, 3.63) is 53.6 Å². The van der Waals surface area contributed by atoms with Gasteiger partial charge < -0.3 is 14.8 Å². The molecule has 0 aliphatic heterocycles. The molecule has 0 atom stereocenters. The standard InChI is InChI=1S/C21H27NO5S/c1-16-6-11-20(26-2)17(15-16)12-13-22-21(23)5-4-14-27-18-7-9-19(10-8-18)28(3,24)25/h6-11,15H,4-5,12-14H2,1-3H3,(H,22,23). The molecule has 7 heteroatoms. The van der Waals surface area contributed by atoms with Crippen LogP contribution in [-0.4, -0.2) is 40.8 Å². The summed E-state index contributed by atoms with van der Waals surface area (Å²) in [6.07, 6.45) is 2.82. The van der Waals surface area contributed by atoms with Crippen LogP contribution in [0.2, 0.25) is 0 Å². The maximum absolute atomic E-state index is 12.0. The number of carbonyl (C=O) groups is 1. The summed E-state index contributed by atoms with van der Waals surface area (Å²) in [4.78, 5) is 12.2. The van der Waals surface area contributed by atoms with Crippen molar-refractivity contribution in [1.82, 2.24) is 5.32 Å². The topological polar surface area (TPSA) is 81.7 Å². The summed E-state index contributed by atoms with van der Waals surface area (Å²) in [5, 5.41) is 2.91. The quantitative estimate of drug-likeness (QED) is 0.615. The molecule has 0 heterocycles. The first kappa shape index (κ1) is 21.8. The molecule has 1 N–H and O–H groups in total. The minimum Gasteiger partial charge on any atom is -0.496 e. The molecule has 6 nitrogen and oxygen atoms in total. The molecular formula is C21H27NO5S. The number of ether oxygens (including phenoxy) is 2. The van der Waals surface area contributed by atoms with Gasteiger partial charge >= 0.3 is 0 Å². The molecule has 0 saturated carbocycles. The highest BCUT2D eigenvalue weighted by Gasteiger charge is 2.07. The summed E-state index contributed by atoms with van der Waals surface area (Å²) >= 11 is 0. The van der Waals surface area contributed by atoms with Gasteiger partial charge in [0.2, 0.25) is 5.91 Å². The lowest BCUT2D eigenvalue weighted by Crippen LogP contribution is -2.26. The molecule has 28 heavy (non-hydrogen) atoms. The van der Waals surface area contributed by atoms with Gasteiger partial charge in [-0.15, -0.1) is 0 Å². The van der Waals surface area contributed by atoms with E-state index in [1.165, 1.54) is 12.1 Å². The molecule has 0 aromatic heterocycles. The van der Waals surface area contributed by atoms with Crippen LogP contribution in [0.1, 0.15) is 24.0 Å². The molecule has 0 aliphatic carbocycles. The zero-order chi connectivity index (χ0) is 20.6. The van der Waals surface area contributed by atoms with E-state index >= 15 is 0 Å². The van der Waals surface area contributed by atoms with E-state index in [2.05, 4.69) is 11.4 Å². The first-order valence-electron chi connectivity index (χ1n) is 9.13. The Labute approximate surface area is 166 Å². The van der Waals surface area contributed by atoms with Crippen LogP contribution < -0.4 is 14.8 Å². The molecule has 0 aliphatic rings. The Kier molecular flexibility index (Phi) is 7.87. The molecule has 152 valence electrons. The molecule has 0 radical (unpaired) electrons. The predicted molar refractivity (Wildman–Crippen MR) is 109 cm³/mol. The number of nitrogens with one attached hydrogen (secondary N) is 1. The number of rotatable bonds is 10. The van der Waals surface area contributed by atoms with Gasteiger partial charge in [0, 0.05) is 19.2 Å². The van der Waals surface area contributed by atoms with E-state index in [4.69, 9.17) is 9.47 Å². The predicted octanol–water partition coefficient (Wildman–Crippen LogP) is 2.93. The molecule has 0 fully saturated rings. The van der Waals surface area contributed by atoms with Gasteiger partial charge in [0.15, 0.2) is 9.84 Å². The lowest BCUT2D eigenvalue weighted by molar-refractivity contribution is -0.121. The minimum atomic E-state index is -3.21. The van der Waals surface area contributed by atoms with E-state index < -0.39 is 9.84 Å². The summed E-state index contributed by atoms with van der Waals surface area (Å²) in [5.41, 5.74) is 2.23. The van der Waals surface area contributed by atoms with Crippen LogP contribution in [0, 0.1) is 6.92 Å². The average molecular weight is 406 g/mol. The molecule has 2 rings (SSSR count). The first-order valence-corrected chi connectivity index (χ1v) is 11.0. The lowest BCUT2D eigenvalue weighted by atomic mass is 10.1. The van der Waals surface area contributed by atoms with Crippen molar-refractivity contribution in [1.29, 1.82) is 0 Å². The third kappa shape index (κ3) is 6.88. The smallest absolute Gasteiger partial charge is 0.220 e. The number of amides is 1. The average Bonchev–Trinajstić information content (AvgIpc) is 2.65. The Bertz CT molecular complexity index is 892. The number of benzene rings is 2. The monoisotopic (exact) mass is 405 g/mol. The summed E-state index contributed by atoms with van der Waals surface area (Å²) in [7, 11) is -1.57. The summed E-state index contributed by atoms with van der Waals surface area (Å²) in [5.74, 6) is 1.39. The fourth-order valence-electron chi connectivity index (χ4n) is 2.73. The van der Waals surface area contributed by atoms with Crippen LogP contribution in [0.4, 0.5) is 0 Å². The van der Waals surface area contributed by atoms with Crippen LogP contribution >= 0.6 is 0 Å². The summed E-state index contributed by atoms with van der Waals surface area (Å²) in [6, 6.07) is 12.3. The Morgan fingerprint density at radius 3 is 2.46 bits per heavy atom. The number of hydrogen-bond acceptors (Lipinski definition) is 5. The molecule has 0 bridgehead atoms. The van der Waals surface area contributed by atoms with Crippen LogP contribution in [0.3, 0.4) is 0 Å². The Morgan fingerprint density at radius 2 is 1.82 bits per heavy atom. The van der Waals surface area contributed by atoms with Gasteiger partial charge in [-0.05, 0) is 55.7 Å². The van der Waals surface area contributed by atoms with Crippen molar-refractivity contribution in [2.75, 3.05) is 26.5 Å². The van der Waals surface area contributed by atoms with Crippen LogP contribution in [-0.2, 0) is 21.1 Å². The third-order valence-electron chi connectivity index (χ3n) is 4.22. The van der Waals surface area contributed by atoms with Crippen molar-refractivity contribution in [2.24, 2.45) is 0 Å². The number of methoxy groups -OCH3 is 1. The van der Waals surface area contributed by atoms with Crippen LogP contribution in [0.15, 0.2) is 47.4 Å². The second-order valence-electron chi connectivity index (χ2n) is 6.61. The minimum absolute atomic E-state index is 0.0253. The molecule has 0 saturated heterocycles. The maximum Gasteiger partial charge on any atom is 0.220 e. The number of sulfone groups is 1. The van der Waals surface area contributed by atoms with Crippen molar-refractivity contribution in [3.63, 3.8) is 0 Å². The Morgan fingerprint density at radius 1 is 1.11 bits per heavy atom. The van der Waals surface area contributed by atoms with Gasteiger partial charge in [0.1, 0.15) is 11.5 Å². The fraction of sp³-hybridized carbons (Fsp3) is 0.381. The van der Waals surface area contributed by atoms with Crippen LogP contribution in [0.5, 0.6) is 11.5 Å². The molecule has 1 amide bonds. The van der Waals surface area contributed by atoms with Crippen molar-refractivity contribution in [2.45, 2.75) is 31.1 Å². The zero-order valence-electron chi connectivity index (χ0n) is 16.5. The van der Waals surface area contributed by atoms with E-state index in [1.54, 1.807) is 19.2 Å². The van der Waals surface area contributed by atoms with E-state index in [0.29, 0.717) is 38.2 Å². The molecule has 2 aromatic rings. The van der Waals surface area contributed by atoms with E-state index in [-0.39, 0.29) is 10.8 Å². The SMILES string of the molecule is COc1ccc(C)cc1CCNC(=O)CCCOc1ccc(S(C)(=O)=O)cc1. The fourth-order valence-corrected chi connectivity index (χ4v) is 3.36. The highest BCUT2D eigenvalue weighted by atomic mass is 32.2. The molecule has 0 spiro atoms. The summed E-state index contributed by atoms with van der Waals surface area (Å²) in [6.45, 7) is 2.96. The largest absolute Gasteiger partial charge is 0.496 e. The van der Waals surface area contributed by atoms with Gasteiger partial charge in [-0.1, -0.05) is 17.7 Å². The zero-order valence-corrected chi connectivity index (χ0v) is 17.3. The number of aryl methyl sites for hydroxylation is 1. The van der Waals surface area contributed by atoms with E-state index in [0.717, 1.165) is 23.1 Å². The highest BCUT2D eigenvalue weighted by Crippen LogP contribution is 2.20. The van der Waals surface area contributed by atoms with Gasteiger partial charge in [-0.3, -0.25) is 4.79 Å². The van der Waals surface area contributed by atoms with Gasteiger partial charge in [0.05, 0.1) is 18.6 Å². The molecule has 0 unspecified atom stereocenters. The van der Waals surface area contributed by atoms with Gasteiger partial charge in [-0.25, -0.2) is 8.42 Å².